The monoisotopic (exact) mass is 356 g/mol. The molecule has 0 amide bonds. The fraction of sp³-hybridized carbons (Fsp3) is 0.550. The van der Waals surface area contributed by atoms with Gasteiger partial charge >= 0.3 is 0 Å². The Labute approximate surface area is 155 Å². The molecule has 0 saturated carbocycles. The first kappa shape index (κ1) is 17.5. The summed E-state index contributed by atoms with van der Waals surface area (Å²) in [7, 11) is 2.06. The third-order valence-electron chi connectivity index (χ3n) is 5.41. The van der Waals surface area contributed by atoms with E-state index in [2.05, 4.69) is 51.9 Å². The smallest absolute Gasteiger partial charge is 0.128 e. The molecule has 0 unspecified atom stereocenters. The number of likely N-dealkylation sites (N-methyl/N-ethyl adjacent to an activating group) is 1. The molecule has 0 spiro atoms. The highest BCUT2D eigenvalue weighted by Crippen LogP contribution is 2.28. The Hall–Kier alpha value is -1.89. The molecule has 2 atom stereocenters. The number of rotatable bonds is 6. The van der Waals surface area contributed by atoms with Crippen LogP contribution in [-0.4, -0.2) is 53.4 Å². The normalized spacial score (nSPS) is 23.0. The van der Waals surface area contributed by atoms with Gasteiger partial charge in [0.2, 0.25) is 0 Å². The standard InChI is InChI=1S/C20H28N4O2/c1-3-24-9-11-26-18(19(24)20-22-7-8-23(20)2)14-21-13-15-4-5-17-16(12-15)6-10-25-17/h4-5,7-8,12,18-19,21H,3,6,9-11,13-14H2,1-2H3/t18-,19+/m0/s1. The number of ether oxygens (including phenoxy) is 2. The lowest BCUT2D eigenvalue weighted by Crippen LogP contribution is -2.49. The van der Waals surface area contributed by atoms with Gasteiger partial charge in [0.15, 0.2) is 0 Å². The Morgan fingerprint density at radius 3 is 3.04 bits per heavy atom. The number of imidazole rings is 1. The summed E-state index contributed by atoms with van der Waals surface area (Å²) < 4.78 is 13.8. The highest BCUT2D eigenvalue weighted by atomic mass is 16.5. The molecule has 2 aromatic rings. The van der Waals surface area contributed by atoms with Crippen molar-refractivity contribution in [3.05, 3.63) is 47.5 Å². The topological polar surface area (TPSA) is 51.6 Å². The molecule has 0 aliphatic carbocycles. The third kappa shape index (κ3) is 3.49. The van der Waals surface area contributed by atoms with E-state index in [1.165, 1.54) is 11.1 Å². The molecule has 1 saturated heterocycles. The molecule has 26 heavy (non-hydrogen) atoms. The van der Waals surface area contributed by atoms with Gasteiger partial charge < -0.3 is 19.4 Å². The zero-order chi connectivity index (χ0) is 17.9. The fourth-order valence-electron chi connectivity index (χ4n) is 4.01. The second-order valence-corrected chi connectivity index (χ2v) is 7.05. The van der Waals surface area contributed by atoms with Crippen molar-refractivity contribution in [1.82, 2.24) is 19.8 Å². The van der Waals surface area contributed by atoms with Gasteiger partial charge in [-0.25, -0.2) is 4.98 Å². The van der Waals surface area contributed by atoms with Crippen LogP contribution >= 0.6 is 0 Å². The lowest BCUT2D eigenvalue weighted by atomic mass is 10.1. The Kier molecular flexibility index (Phi) is 5.24. The fourth-order valence-corrected chi connectivity index (χ4v) is 4.01. The summed E-state index contributed by atoms with van der Waals surface area (Å²) >= 11 is 0. The van der Waals surface area contributed by atoms with Crippen LogP contribution in [0.1, 0.15) is 29.9 Å². The number of nitrogens with zero attached hydrogens (tertiary/aromatic N) is 3. The van der Waals surface area contributed by atoms with Crippen LogP contribution < -0.4 is 10.1 Å². The van der Waals surface area contributed by atoms with Gasteiger partial charge in [-0.05, 0) is 23.7 Å². The Bertz CT molecular complexity index is 745. The van der Waals surface area contributed by atoms with Crippen LogP contribution in [0, 0.1) is 0 Å². The van der Waals surface area contributed by atoms with E-state index in [4.69, 9.17) is 9.47 Å². The number of hydrogen-bond donors (Lipinski definition) is 1. The minimum atomic E-state index is 0.0996. The first-order chi connectivity index (χ1) is 12.8. The largest absolute Gasteiger partial charge is 0.493 e. The SMILES string of the molecule is CCN1CCO[C@@H](CNCc2ccc3c(c2)CCO3)[C@@H]1c1nccn1C. The van der Waals surface area contributed by atoms with Gasteiger partial charge in [0.05, 0.1) is 25.4 Å². The van der Waals surface area contributed by atoms with Crippen molar-refractivity contribution < 1.29 is 9.47 Å². The van der Waals surface area contributed by atoms with Gasteiger partial charge in [-0.15, -0.1) is 0 Å². The van der Waals surface area contributed by atoms with Gasteiger partial charge in [-0.3, -0.25) is 4.90 Å². The number of morpholine rings is 1. The molecule has 2 aliphatic heterocycles. The molecule has 0 radical (unpaired) electrons. The van der Waals surface area contributed by atoms with Crippen molar-refractivity contribution in [1.29, 1.82) is 0 Å². The summed E-state index contributed by atoms with van der Waals surface area (Å²) in [6.45, 7) is 7.39. The molecule has 140 valence electrons. The van der Waals surface area contributed by atoms with E-state index in [0.717, 1.165) is 57.4 Å². The van der Waals surface area contributed by atoms with Crippen LogP contribution in [0.3, 0.4) is 0 Å². The molecule has 1 N–H and O–H groups in total. The lowest BCUT2D eigenvalue weighted by Gasteiger charge is -2.40. The maximum atomic E-state index is 6.14. The summed E-state index contributed by atoms with van der Waals surface area (Å²) in [4.78, 5) is 7.06. The van der Waals surface area contributed by atoms with Gasteiger partial charge in [0.25, 0.3) is 0 Å². The molecule has 6 nitrogen and oxygen atoms in total. The molecule has 2 aliphatic rings. The van der Waals surface area contributed by atoms with E-state index >= 15 is 0 Å². The minimum absolute atomic E-state index is 0.0996. The molecule has 6 heteroatoms. The van der Waals surface area contributed by atoms with Crippen LogP contribution in [0.4, 0.5) is 0 Å². The maximum absolute atomic E-state index is 6.14. The highest BCUT2D eigenvalue weighted by molar-refractivity contribution is 5.39. The van der Waals surface area contributed by atoms with E-state index in [0.29, 0.717) is 0 Å². The number of hydrogen-bond acceptors (Lipinski definition) is 5. The molecule has 1 aromatic heterocycles. The Balaban J connectivity index is 1.41. The average molecular weight is 356 g/mol. The van der Waals surface area contributed by atoms with E-state index in [-0.39, 0.29) is 12.1 Å². The minimum Gasteiger partial charge on any atom is -0.493 e. The van der Waals surface area contributed by atoms with Crippen LogP contribution in [0.25, 0.3) is 0 Å². The van der Waals surface area contributed by atoms with E-state index < -0.39 is 0 Å². The number of fused-ring (bicyclic) bond motifs is 1. The maximum Gasteiger partial charge on any atom is 0.128 e. The first-order valence-corrected chi connectivity index (χ1v) is 9.54. The molecule has 1 aromatic carbocycles. The van der Waals surface area contributed by atoms with Crippen LogP contribution in [0.5, 0.6) is 5.75 Å². The quantitative estimate of drug-likeness (QED) is 0.857. The van der Waals surface area contributed by atoms with E-state index in [1.807, 2.05) is 12.4 Å². The van der Waals surface area contributed by atoms with Crippen molar-refractivity contribution in [2.75, 3.05) is 32.8 Å². The number of benzene rings is 1. The van der Waals surface area contributed by atoms with Gasteiger partial charge in [-0.2, -0.15) is 0 Å². The predicted octanol–water partition coefficient (Wildman–Crippen LogP) is 1.91. The van der Waals surface area contributed by atoms with Crippen LogP contribution in [0.15, 0.2) is 30.6 Å². The van der Waals surface area contributed by atoms with Crippen molar-refractivity contribution in [2.24, 2.45) is 7.05 Å². The number of aromatic nitrogens is 2. The van der Waals surface area contributed by atoms with Crippen molar-refractivity contribution in [3.63, 3.8) is 0 Å². The molecule has 3 heterocycles. The predicted molar refractivity (Wildman–Crippen MR) is 100 cm³/mol. The summed E-state index contributed by atoms with van der Waals surface area (Å²) in [5.41, 5.74) is 2.62. The van der Waals surface area contributed by atoms with Gasteiger partial charge in [0, 0.05) is 45.5 Å². The molecule has 1 fully saturated rings. The summed E-state index contributed by atoms with van der Waals surface area (Å²) in [5.74, 6) is 2.12. The lowest BCUT2D eigenvalue weighted by molar-refractivity contribution is -0.0729. The summed E-state index contributed by atoms with van der Waals surface area (Å²) in [5, 5.41) is 3.59. The zero-order valence-corrected chi connectivity index (χ0v) is 15.6. The highest BCUT2D eigenvalue weighted by Gasteiger charge is 2.35. The van der Waals surface area contributed by atoms with Crippen LogP contribution in [-0.2, 0) is 24.8 Å². The second kappa shape index (κ2) is 7.78. The summed E-state index contributed by atoms with van der Waals surface area (Å²) in [6, 6.07) is 6.68. The van der Waals surface area contributed by atoms with Gasteiger partial charge in [0.1, 0.15) is 11.6 Å². The van der Waals surface area contributed by atoms with Crippen LogP contribution in [0.2, 0.25) is 0 Å². The van der Waals surface area contributed by atoms with E-state index in [9.17, 15) is 0 Å². The van der Waals surface area contributed by atoms with Crippen molar-refractivity contribution in [2.45, 2.75) is 32.0 Å². The van der Waals surface area contributed by atoms with Crippen molar-refractivity contribution in [3.8, 4) is 5.75 Å². The average Bonchev–Trinajstić information content (AvgIpc) is 3.29. The molecular weight excluding hydrogens is 328 g/mol. The molecule has 4 rings (SSSR count). The Morgan fingerprint density at radius 2 is 2.23 bits per heavy atom. The zero-order valence-electron chi connectivity index (χ0n) is 15.6. The van der Waals surface area contributed by atoms with Crippen molar-refractivity contribution >= 4 is 0 Å². The first-order valence-electron chi connectivity index (χ1n) is 9.54. The summed E-state index contributed by atoms with van der Waals surface area (Å²) in [6.07, 6.45) is 4.99. The number of nitrogens with one attached hydrogen (secondary N) is 1. The van der Waals surface area contributed by atoms with Gasteiger partial charge in [-0.1, -0.05) is 19.1 Å². The number of aryl methyl sites for hydroxylation is 1. The second-order valence-electron chi connectivity index (χ2n) is 7.05. The molecular formula is C20H28N4O2. The Morgan fingerprint density at radius 1 is 1.31 bits per heavy atom. The van der Waals surface area contributed by atoms with E-state index in [1.54, 1.807) is 0 Å². The third-order valence-corrected chi connectivity index (χ3v) is 5.41. The molecule has 0 bridgehead atoms.